The number of carbonyl (C=O) groups is 1. The number of carbonyl (C=O) groups excluding carboxylic acids is 1. The van der Waals surface area contributed by atoms with Crippen LogP contribution in [0.4, 0.5) is 5.69 Å². The molecule has 0 aliphatic carbocycles. The van der Waals surface area contributed by atoms with E-state index in [-0.39, 0.29) is 5.78 Å². The normalized spacial score (nSPS) is 14.8. The zero-order valence-electron chi connectivity index (χ0n) is 24.8. The molecule has 210 valence electrons. The standard InChI is InChI=1S/C14H23N3.C11H15N3O.C5H10O/c1-4-5-13-12(3)16-7-6-14(13)17-9-8-15-11(2)10-17;1-4-5-8-6-9-7-14(2)13-10(9)12-11(8)15-3;1-3-4-5(2)6/h6-7,11,15H,4-5,8-10H2,1-3H3;6-7H,4-5H2,1-3H3;3-4H2,1-2H3. The molecule has 1 N–H and O–H groups in total. The van der Waals surface area contributed by atoms with Gasteiger partial charge in [0, 0.05) is 73.9 Å². The molecule has 0 aromatic carbocycles. The van der Waals surface area contributed by atoms with Crippen LogP contribution >= 0.6 is 0 Å². The number of aromatic nitrogens is 4. The summed E-state index contributed by atoms with van der Waals surface area (Å²) in [5.41, 5.74) is 5.92. The Hall–Kier alpha value is -3.00. The topological polar surface area (TPSA) is 85.2 Å². The van der Waals surface area contributed by atoms with Crippen LogP contribution < -0.4 is 15.0 Å². The smallest absolute Gasteiger partial charge is 0.218 e. The molecule has 4 rings (SSSR count). The second kappa shape index (κ2) is 16.1. The highest BCUT2D eigenvalue weighted by Crippen LogP contribution is 2.25. The highest BCUT2D eigenvalue weighted by atomic mass is 16.5. The Labute approximate surface area is 229 Å². The number of ether oxygens (including phenoxy) is 1. The van der Waals surface area contributed by atoms with Crippen molar-refractivity contribution in [2.75, 3.05) is 31.6 Å². The molecule has 1 atom stereocenters. The van der Waals surface area contributed by atoms with Crippen LogP contribution in [0, 0.1) is 6.92 Å². The van der Waals surface area contributed by atoms with Crippen molar-refractivity contribution in [1.82, 2.24) is 25.1 Å². The van der Waals surface area contributed by atoms with E-state index >= 15 is 0 Å². The molecular weight excluding hydrogens is 476 g/mol. The van der Waals surface area contributed by atoms with Gasteiger partial charge in [0.25, 0.3) is 0 Å². The van der Waals surface area contributed by atoms with Gasteiger partial charge in [-0.05, 0) is 57.7 Å². The van der Waals surface area contributed by atoms with Gasteiger partial charge in [-0.2, -0.15) is 10.1 Å². The fraction of sp³-hybridized carbons (Fsp3) is 0.600. The van der Waals surface area contributed by atoms with E-state index in [1.807, 2.05) is 26.4 Å². The number of ketones is 1. The van der Waals surface area contributed by atoms with E-state index in [1.165, 1.54) is 23.4 Å². The Bertz CT molecular complexity index is 1140. The summed E-state index contributed by atoms with van der Waals surface area (Å²) in [4.78, 5) is 21.4. The van der Waals surface area contributed by atoms with Crippen LogP contribution in [-0.2, 0) is 24.7 Å². The number of methoxy groups -OCH3 is 1. The zero-order chi connectivity index (χ0) is 28.1. The predicted octanol–water partition coefficient (Wildman–Crippen LogP) is 5.45. The van der Waals surface area contributed by atoms with Crippen molar-refractivity contribution < 1.29 is 9.53 Å². The molecule has 1 aliphatic heterocycles. The van der Waals surface area contributed by atoms with Crippen molar-refractivity contribution in [2.24, 2.45) is 7.05 Å². The van der Waals surface area contributed by atoms with Crippen LogP contribution in [0.3, 0.4) is 0 Å². The molecule has 8 heteroatoms. The molecule has 0 bridgehead atoms. The van der Waals surface area contributed by atoms with Crippen LogP contribution in [-0.4, -0.2) is 58.3 Å². The first kappa shape index (κ1) is 31.2. The molecule has 3 aromatic rings. The van der Waals surface area contributed by atoms with E-state index in [1.54, 1.807) is 18.7 Å². The highest BCUT2D eigenvalue weighted by Gasteiger charge is 2.19. The molecule has 1 fully saturated rings. The molecule has 4 heterocycles. The third kappa shape index (κ3) is 9.39. The summed E-state index contributed by atoms with van der Waals surface area (Å²) in [7, 11) is 3.55. The lowest BCUT2D eigenvalue weighted by Crippen LogP contribution is -2.49. The monoisotopic (exact) mass is 524 g/mol. The van der Waals surface area contributed by atoms with Gasteiger partial charge >= 0.3 is 0 Å². The largest absolute Gasteiger partial charge is 0.481 e. The molecule has 8 nitrogen and oxygen atoms in total. The van der Waals surface area contributed by atoms with Crippen molar-refractivity contribution in [3.8, 4) is 5.88 Å². The minimum atomic E-state index is 0.289. The Balaban J connectivity index is 0.000000222. The SMILES string of the molecule is CCCC(C)=O.CCCc1c(N2CCNC(C)C2)ccnc1C.CCCc1cc2cn(C)nc2nc1OC. The number of rotatable bonds is 8. The molecule has 3 aromatic heterocycles. The number of nitrogens with zero attached hydrogens (tertiary/aromatic N) is 5. The van der Waals surface area contributed by atoms with Gasteiger partial charge in [0.2, 0.25) is 5.88 Å². The van der Waals surface area contributed by atoms with E-state index < -0.39 is 0 Å². The number of fused-ring (bicyclic) bond motifs is 1. The number of anilines is 1. The van der Waals surface area contributed by atoms with Gasteiger partial charge in [-0.3, -0.25) is 9.67 Å². The van der Waals surface area contributed by atoms with E-state index in [0.29, 0.717) is 11.9 Å². The molecule has 0 spiro atoms. The van der Waals surface area contributed by atoms with Crippen LogP contribution in [0.1, 0.15) is 77.1 Å². The van der Waals surface area contributed by atoms with Gasteiger partial charge in [-0.25, -0.2) is 0 Å². The summed E-state index contributed by atoms with van der Waals surface area (Å²) >= 11 is 0. The Morgan fingerprint density at radius 2 is 1.92 bits per heavy atom. The second-order valence-electron chi connectivity index (χ2n) is 10.0. The van der Waals surface area contributed by atoms with Crippen molar-refractivity contribution in [1.29, 1.82) is 0 Å². The van der Waals surface area contributed by atoms with Crippen molar-refractivity contribution in [2.45, 2.75) is 86.1 Å². The zero-order valence-corrected chi connectivity index (χ0v) is 24.8. The molecule has 1 unspecified atom stereocenters. The summed E-state index contributed by atoms with van der Waals surface area (Å²) in [5.74, 6) is 0.987. The number of aryl methyl sites for hydroxylation is 3. The number of pyridine rings is 2. The maximum absolute atomic E-state index is 10.0. The fourth-order valence-corrected chi connectivity index (χ4v) is 4.67. The maximum Gasteiger partial charge on any atom is 0.218 e. The summed E-state index contributed by atoms with van der Waals surface area (Å²) < 4.78 is 7.03. The minimum absolute atomic E-state index is 0.289. The lowest BCUT2D eigenvalue weighted by Gasteiger charge is -2.35. The number of nitrogens with one attached hydrogen (secondary N) is 1. The first-order valence-electron chi connectivity index (χ1n) is 14.0. The second-order valence-corrected chi connectivity index (χ2v) is 10.0. The Kier molecular flexibility index (Phi) is 13.2. The van der Waals surface area contributed by atoms with Crippen LogP contribution in [0.15, 0.2) is 24.5 Å². The molecule has 0 saturated carbocycles. The number of Topliss-reactive ketones (excluding diaryl/α,β-unsaturated/α-hetero) is 1. The highest BCUT2D eigenvalue weighted by molar-refractivity contribution is 5.76. The molecule has 1 saturated heterocycles. The molecule has 1 aliphatic rings. The van der Waals surface area contributed by atoms with Crippen molar-refractivity contribution in [3.05, 3.63) is 41.3 Å². The Morgan fingerprint density at radius 1 is 1.18 bits per heavy atom. The van der Waals surface area contributed by atoms with Gasteiger partial charge < -0.3 is 19.7 Å². The van der Waals surface area contributed by atoms with Crippen LogP contribution in [0.2, 0.25) is 0 Å². The van der Waals surface area contributed by atoms with Gasteiger partial charge in [0.15, 0.2) is 5.65 Å². The molecule has 0 amide bonds. The number of hydrogen-bond acceptors (Lipinski definition) is 7. The number of hydrogen-bond donors (Lipinski definition) is 1. The molecular formula is C30H48N6O2. The lowest BCUT2D eigenvalue weighted by molar-refractivity contribution is -0.117. The fourth-order valence-electron chi connectivity index (χ4n) is 4.67. The number of piperazine rings is 1. The van der Waals surface area contributed by atoms with E-state index in [0.717, 1.165) is 68.3 Å². The first-order valence-corrected chi connectivity index (χ1v) is 14.0. The van der Waals surface area contributed by atoms with Crippen molar-refractivity contribution >= 4 is 22.5 Å². The maximum atomic E-state index is 10.0. The molecule has 0 radical (unpaired) electrons. The van der Waals surface area contributed by atoms with Gasteiger partial charge in [0.05, 0.1) is 7.11 Å². The summed E-state index contributed by atoms with van der Waals surface area (Å²) in [6, 6.07) is 4.86. The third-order valence-electron chi connectivity index (χ3n) is 6.42. The van der Waals surface area contributed by atoms with Crippen LogP contribution in [0.25, 0.3) is 11.0 Å². The average molecular weight is 525 g/mol. The van der Waals surface area contributed by atoms with Crippen LogP contribution in [0.5, 0.6) is 5.88 Å². The van der Waals surface area contributed by atoms with Gasteiger partial charge in [-0.15, -0.1) is 0 Å². The average Bonchev–Trinajstić information content (AvgIpc) is 3.24. The minimum Gasteiger partial charge on any atom is -0.481 e. The van der Waals surface area contributed by atoms with Crippen molar-refractivity contribution in [3.63, 3.8) is 0 Å². The predicted molar refractivity (Wildman–Crippen MR) is 157 cm³/mol. The van der Waals surface area contributed by atoms with Gasteiger partial charge in [-0.1, -0.05) is 33.6 Å². The van der Waals surface area contributed by atoms with Gasteiger partial charge in [0.1, 0.15) is 5.78 Å². The summed E-state index contributed by atoms with van der Waals surface area (Å²) in [6.45, 7) is 15.6. The van der Waals surface area contributed by atoms with E-state index in [9.17, 15) is 4.79 Å². The molecule has 38 heavy (non-hydrogen) atoms. The lowest BCUT2D eigenvalue weighted by atomic mass is 10.0. The third-order valence-corrected chi connectivity index (χ3v) is 6.42. The Morgan fingerprint density at radius 3 is 2.50 bits per heavy atom. The quantitative estimate of drug-likeness (QED) is 0.420. The summed E-state index contributed by atoms with van der Waals surface area (Å²) in [6.07, 6.45) is 10.0. The van der Waals surface area contributed by atoms with E-state index in [2.05, 4.69) is 65.1 Å². The van der Waals surface area contributed by atoms with E-state index in [4.69, 9.17) is 4.74 Å². The summed E-state index contributed by atoms with van der Waals surface area (Å²) in [5, 5.41) is 8.81. The first-order chi connectivity index (χ1) is 18.2.